The number of carbonyl (C=O) groups excluding carboxylic acids is 4. The van der Waals surface area contributed by atoms with E-state index in [0.29, 0.717) is 51.3 Å². The van der Waals surface area contributed by atoms with Crippen LogP contribution in [0.25, 0.3) is 32.9 Å². The molecule has 0 radical (unpaired) electrons. The second-order valence-electron chi connectivity index (χ2n) is 13.9. The first-order valence-electron chi connectivity index (χ1n) is 18.7. The van der Waals surface area contributed by atoms with E-state index in [0.717, 1.165) is 52.1 Å². The molecule has 290 valence electrons. The summed E-state index contributed by atoms with van der Waals surface area (Å²) in [6.45, 7) is 5.33. The van der Waals surface area contributed by atoms with E-state index in [1.54, 1.807) is 6.07 Å². The lowest BCUT2D eigenvalue weighted by Gasteiger charge is -2.38. The molecule has 2 saturated heterocycles. The molecule has 3 aromatic heterocycles. The monoisotopic (exact) mass is 762 g/mol. The van der Waals surface area contributed by atoms with Crippen LogP contribution in [0, 0.1) is 0 Å². The molecule has 0 saturated carbocycles. The number of hydrogen-bond donors (Lipinski definition) is 1. The van der Waals surface area contributed by atoms with Gasteiger partial charge in [0.25, 0.3) is 11.8 Å². The number of benzene rings is 2. The molecule has 56 heavy (non-hydrogen) atoms. The number of ether oxygens (including phenoxy) is 5. The number of pyridine rings is 2. The van der Waals surface area contributed by atoms with Crippen LogP contribution in [0.15, 0.2) is 73.2 Å². The molecule has 15 nitrogen and oxygen atoms in total. The minimum atomic E-state index is -1.01. The van der Waals surface area contributed by atoms with Gasteiger partial charge in [-0.1, -0.05) is 12.1 Å². The Bertz CT molecular complexity index is 2270. The molecular formula is C41H42N6O9. The van der Waals surface area contributed by atoms with E-state index in [2.05, 4.69) is 56.1 Å². The van der Waals surface area contributed by atoms with Crippen LogP contribution < -0.4 is 14.8 Å². The molecule has 2 fully saturated rings. The standard InChI is InChI=1S/C41H42N6O9/c1-45-34-10-11-42-23-33(34)30-5-2-26(20-36(30)45)27-3-9-38(43-22-27)56-29-24-46(25-29)12-13-52-14-15-53-16-17-54-18-19-55-28-4-6-31-32(21-28)41(51)47(40(31)50)35-7-8-37(48)44-39(35)49/h2-6,9-11,20-23,29,35H,7-8,12-19,24-25H2,1H3,(H,44,48,49). The molecule has 2 aromatic carbocycles. The fraction of sp³-hybridized carbons (Fsp3) is 0.366. The van der Waals surface area contributed by atoms with Gasteiger partial charge in [-0.05, 0) is 48.4 Å². The topological polar surface area (TPSA) is 164 Å². The van der Waals surface area contributed by atoms with Crippen LogP contribution in [-0.2, 0) is 30.8 Å². The van der Waals surface area contributed by atoms with E-state index in [-0.39, 0.29) is 36.7 Å². The van der Waals surface area contributed by atoms with Gasteiger partial charge in [0.1, 0.15) is 24.5 Å². The second-order valence-corrected chi connectivity index (χ2v) is 13.9. The van der Waals surface area contributed by atoms with Crippen molar-refractivity contribution in [2.45, 2.75) is 25.0 Å². The van der Waals surface area contributed by atoms with Crippen molar-refractivity contribution in [2.24, 2.45) is 7.05 Å². The van der Waals surface area contributed by atoms with E-state index < -0.39 is 29.7 Å². The Kier molecular flexibility index (Phi) is 11.0. The highest BCUT2D eigenvalue weighted by Gasteiger charge is 2.44. The fourth-order valence-corrected chi connectivity index (χ4v) is 7.30. The maximum absolute atomic E-state index is 13.0. The normalized spacial score (nSPS) is 17.4. The molecule has 0 bridgehead atoms. The molecule has 0 aliphatic carbocycles. The summed E-state index contributed by atoms with van der Waals surface area (Å²) in [4.78, 5) is 61.6. The summed E-state index contributed by atoms with van der Waals surface area (Å²) in [5, 5.41) is 4.52. The van der Waals surface area contributed by atoms with Crippen molar-refractivity contribution >= 4 is 45.4 Å². The number of nitrogens with one attached hydrogen (secondary N) is 1. The van der Waals surface area contributed by atoms with Crippen LogP contribution in [0.2, 0.25) is 0 Å². The van der Waals surface area contributed by atoms with Crippen LogP contribution in [0.5, 0.6) is 11.6 Å². The molecule has 5 aromatic rings. The molecule has 3 aliphatic heterocycles. The maximum atomic E-state index is 13.0. The Balaban J connectivity index is 0.652. The summed E-state index contributed by atoms with van der Waals surface area (Å²) in [6, 6.07) is 16.1. The second kappa shape index (κ2) is 16.5. The zero-order chi connectivity index (χ0) is 38.6. The molecule has 0 spiro atoms. The first kappa shape index (κ1) is 37.2. The third-order valence-corrected chi connectivity index (χ3v) is 10.3. The van der Waals surface area contributed by atoms with Crippen LogP contribution >= 0.6 is 0 Å². The Morgan fingerprint density at radius 3 is 2.27 bits per heavy atom. The fourth-order valence-electron chi connectivity index (χ4n) is 7.30. The largest absolute Gasteiger partial charge is 0.491 e. The molecule has 6 heterocycles. The van der Waals surface area contributed by atoms with E-state index in [9.17, 15) is 19.2 Å². The van der Waals surface area contributed by atoms with Crippen LogP contribution in [0.1, 0.15) is 33.6 Å². The molecule has 1 N–H and O–H groups in total. The lowest BCUT2D eigenvalue weighted by Crippen LogP contribution is -2.54. The zero-order valence-electron chi connectivity index (χ0n) is 31.0. The van der Waals surface area contributed by atoms with Crippen LogP contribution in [0.3, 0.4) is 0 Å². The van der Waals surface area contributed by atoms with Gasteiger partial charge in [-0.15, -0.1) is 0 Å². The van der Waals surface area contributed by atoms with Gasteiger partial charge in [0.05, 0.1) is 56.3 Å². The maximum Gasteiger partial charge on any atom is 0.262 e. The quantitative estimate of drug-likeness (QED) is 0.109. The Hall–Kier alpha value is -5.74. The number of piperidine rings is 1. The van der Waals surface area contributed by atoms with Crippen molar-refractivity contribution in [1.29, 1.82) is 0 Å². The Morgan fingerprint density at radius 2 is 1.50 bits per heavy atom. The number of hydrogen-bond acceptors (Lipinski definition) is 12. The molecule has 15 heteroatoms. The van der Waals surface area contributed by atoms with Gasteiger partial charge in [0, 0.05) is 79.6 Å². The average Bonchev–Trinajstić information content (AvgIpc) is 3.62. The first-order valence-corrected chi connectivity index (χ1v) is 18.7. The predicted octanol–water partition coefficient (Wildman–Crippen LogP) is 3.38. The van der Waals surface area contributed by atoms with Gasteiger partial charge in [-0.2, -0.15) is 0 Å². The number of imide groups is 2. The first-order chi connectivity index (χ1) is 27.3. The number of rotatable bonds is 17. The van der Waals surface area contributed by atoms with Crippen molar-refractivity contribution in [3.63, 3.8) is 0 Å². The number of fused-ring (bicyclic) bond motifs is 4. The van der Waals surface area contributed by atoms with Crippen molar-refractivity contribution in [1.82, 2.24) is 29.7 Å². The predicted molar refractivity (Wildman–Crippen MR) is 203 cm³/mol. The highest BCUT2D eigenvalue weighted by Crippen LogP contribution is 2.32. The van der Waals surface area contributed by atoms with Crippen LogP contribution in [0.4, 0.5) is 0 Å². The van der Waals surface area contributed by atoms with Crippen molar-refractivity contribution < 1.29 is 42.9 Å². The summed E-state index contributed by atoms with van der Waals surface area (Å²) in [6.07, 6.45) is 5.87. The SMILES string of the molecule is Cn1c2ccncc2c2ccc(-c3ccc(OC4CN(CCOCCOCCOCCOc5ccc6c(c5)C(=O)N(C5CCC(=O)NC5=O)C6=O)C4)nc3)cc21. The number of likely N-dealkylation sites (tertiary alicyclic amines) is 1. The Morgan fingerprint density at radius 1 is 0.750 bits per heavy atom. The molecule has 8 rings (SSSR count). The van der Waals surface area contributed by atoms with E-state index in [4.69, 9.17) is 23.7 Å². The summed E-state index contributed by atoms with van der Waals surface area (Å²) in [5.74, 6) is -1.18. The smallest absolute Gasteiger partial charge is 0.262 e. The number of aryl methyl sites for hydroxylation is 1. The summed E-state index contributed by atoms with van der Waals surface area (Å²) < 4.78 is 30.9. The summed E-state index contributed by atoms with van der Waals surface area (Å²) >= 11 is 0. The van der Waals surface area contributed by atoms with Gasteiger partial charge < -0.3 is 28.3 Å². The number of carbonyl (C=O) groups is 4. The zero-order valence-corrected chi connectivity index (χ0v) is 31.0. The number of nitrogens with zero attached hydrogens (tertiary/aromatic N) is 5. The van der Waals surface area contributed by atoms with Gasteiger partial charge in [0.2, 0.25) is 17.7 Å². The van der Waals surface area contributed by atoms with Crippen molar-refractivity contribution in [3.8, 4) is 22.8 Å². The minimum Gasteiger partial charge on any atom is -0.491 e. The molecule has 4 amide bonds. The number of aromatic nitrogens is 3. The van der Waals surface area contributed by atoms with Gasteiger partial charge in [-0.25, -0.2) is 4.98 Å². The molecule has 1 atom stereocenters. The van der Waals surface area contributed by atoms with Gasteiger partial charge >= 0.3 is 0 Å². The number of amides is 4. The molecule has 1 unspecified atom stereocenters. The van der Waals surface area contributed by atoms with Gasteiger partial charge in [-0.3, -0.25) is 39.3 Å². The lowest BCUT2D eigenvalue weighted by molar-refractivity contribution is -0.136. The summed E-state index contributed by atoms with van der Waals surface area (Å²) in [5.41, 5.74) is 4.82. The third kappa shape index (κ3) is 7.84. The van der Waals surface area contributed by atoms with Crippen molar-refractivity contribution in [3.05, 3.63) is 84.3 Å². The summed E-state index contributed by atoms with van der Waals surface area (Å²) in [7, 11) is 2.08. The van der Waals surface area contributed by atoms with Crippen molar-refractivity contribution in [2.75, 3.05) is 65.9 Å². The average molecular weight is 763 g/mol. The van der Waals surface area contributed by atoms with Crippen LogP contribution in [-0.4, -0.2) is 126 Å². The van der Waals surface area contributed by atoms with Gasteiger partial charge in [0.15, 0.2) is 0 Å². The van der Waals surface area contributed by atoms with E-state index in [1.165, 1.54) is 17.5 Å². The lowest BCUT2D eigenvalue weighted by atomic mass is 10.0. The Labute approximate surface area is 322 Å². The third-order valence-electron chi connectivity index (χ3n) is 10.3. The highest BCUT2D eigenvalue weighted by molar-refractivity contribution is 6.23. The van der Waals surface area contributed by atoms with E-state index >= 15 is 0 Å². The minimum absolute atomic E-state index is 0.0653. The molecule has 3 aliphatic rings. The highest BCUT2D eigenvalue weighted by atomic mass is 16.6. The molecular weight excluding hydrogens is 720 g/mol. The van der Waals surface area contributed by atoms with E-state index in [1.807, 2.05) is 30.7 Å².